The molecule has 2 aliphatic heterocycles. The third-order valence-corrected chi connectivity index (χ3v) is 9.35. The molecule has 2 aliphatic rings. The maximum Gasteiger partial charge on any atom is 0.303 e. The predicted molar refractivity (Wildman–Crippen MR) is 177 cm³/mol. The van der Waals surface area contributed by atoms with Crippen LogP contribution < -0.4 is 21.1 Å². The highest BCUT2D eigenvalue weighted by molar-refractivity contribution is 6.33. The van der Waals surface area contributed by atoms with Gasteiger partial charge in [0, 0.05) is 58.2 Å². The summed E-state index contributed by atoms with van der Waals surface area (Å²) in [4.78, 5) is 41.0. The topological polar surface area (TPSA) is 146 Å². The number of carboxylic acid groups (broad SMARTS) is 1. The second kappa shape index (κ2) is 19.8. The maximum atomic E-state index is 13.0. The number of anilines is 1. The molecule has 0 aliphatic carbocycles. The number of halogens is 1. The molecule has 11 nitrogen and oxygen atoms in total. The number of nitrogens with two attached hydrogens (primary N) is 1. The van der Waals surface area contributed by atoms with E-state index < -0.39 is 5.97 Å². The molecular formula is C33H54ClN5O6. The number of carbonyl (C=O) groups excluding carboxylic acids is 2. The Morgan fingerprint density at radius 1 is 0.889 bits per heavy atom. The van der Waals surface area contributed by atoms with E-state index >= 15 is 0 Å². The molecule has 3 rings (SSSR count). The summed E-state index contributed by atoms with van der Waals surface area (Å²) in [5, 5.41) is 15.3. The molecule has 254 valence electrons. The Morgan fingerprint density at radius 3 is 2.20 bits per heavy atom. The van der Waals surface area contributed by atoms with E-state index in [0.29, 0.717) is 28.4 Å². The molecule has 0 radical (unpaired) electrons. The van der Waals surface area contributed by atoms with Crippen LogP contribution in [0.4, 0.5) is 5.69 Å². The number of ether oxygens (including phenoxy) is 2. The van der Waals surface area contributed by atoms with E-state index in [9.17, 15) is 14.4 Å². The van der Waals surface area contributed by atoms with E-state index in [2.05, 4.69) is 20.4 Å². The van der Waals surface area contributed by atoms with Crippen molar-refractivity contribution in [2.45, 2.75) is 102 Å². The molecule has 1 aromatic carbocycles. The Morgan fingerprint density at radius 2 is 1.51 bits per heavy atom. The lowest BCUT2D eigenvalue weighted by molar-refractivity contribution is -0.137. The predicted octanol–water partition coefficient (Wildman–Crippen LogP) is 4.32. The number of hydrogen-bond acceptors (Lipinski definition) is 8. The van der Waals surface area contributed by atoms with Gasteiger partial charge in [-0.3, -0.25) is 14.4 Å². The van der Waals surface area contributed by atoms with Crippen LogP contribution in [0.15, 0.2) is 12.1 Å². The molecule has 2 amide bonds. The average Bonchev–Trinajstić information content (AvgIpc) is 3.02. The number of benzene rings is 1. The van der Waals surface area contributed by atoms with Crippen molar-refractivity contribution in [1.82, 2.24) is 20.4 Å². The minimum absolute atomic E-state index is 0.128. The molecule has 5 N–H and O–H groups in total. The average molecular weight is 652 g/mol. The van der Waals surface area contributed by atoms with Gasteiger partial charge in [0.15, 0.2) is 0 Å². The second-order valence-corrected chi connectivity index (χ2v) is 12.8. The van der Waals surface area contributed by atoms with Crippen LogP contribution in [0, 0.1) is 0 Å². The summed E-state index contributed by atoms with van der Waals surface area (Å²) in [5.74, 6) is -0.434. The number of nitrogens with one attached hydrogen (secondary N) is 2. The minimum Gasteiger partial charge on any atom is -0.496 e. The zero-order valence-corrected chi connectivity index (χ0v) is 27.9. The molecule has 2 atom stereocenters. The number of carbonyl (C=O) groups is 3. The van der Waals surface area contributed by atoms with Crippen LogP contribution in [0.25, 0.3) is 0 Å². The molecule has 45 heavy (non-hydrogen) atoms. The van der Waals surface area contributed by atoms with Crippen LogP contribution in [0.2, 0.25) is 5.02 Å². The Labute approximate surface area is 273 Å². The Hall–Kier alpha value is -2.60. The third-order valence-electron chi connectivity index (χ3n) is 9.02. The Bertz CT molecular complexity index is 1080. The zero-order valence-electron chi connectivity index (χ0n) is 27.2. The number of carboxylic acids is 1. The number of aliphatic carboxylic acids is 1. The maximum absolute atomic E-state index is 13.0. The number of piperidine rings is 2. The van der Waals surface area contributed by atoms with E-state index in [-0.39, 0.29) is 36.4 Å². The van der Waals surface area contributed by atoms with Gasteiger partial charge in [-0.05, 0) is 64.1 Å². The van der Waals surface area contributed by atoms with Crippen LogP contribution in [0.5, 0.6) is 5.75 Å². The van der Waals surface area contributed by atoms with Gasteiger partial charge in [0.05, 0.1) is 35.5 Å². The van der Waals surface area contributed by atoms with E-state index in [0.717, 1.165) is 110 Å². The number of methoxy groups -OCH3 is 2. The van der Waals surface area contributed by atoms with Gasteiger partial charge in [0.1, 0.15) is 5.75 Å². The van der Waals surface area contributed by atoms with Crippen molar-refractivity contribution < 1.29 is 29.0 Å². The van der Waals surface area contributed by atoms with E-state index in [1.165, 1.54) is 13.2 Å². The third kappa shape index (κ3) is 13.0. The number of nitrogen functional groups attached to an aromatic ring is 1. The Kier molecular flexibility index (Phi) is 16.2. The summed E-state index contributed by atoms with van der Waals surface area (Å²) in [5.41, 5.74) is 6.56. The fourth-order valence-electron chi connectivity index (χ4n) is 6.29. The summed E-state index contributed by atoms with van der Waals surface area (Å²) in [6.45, 7) is 5.66. The quantitative estimate of drug-likeness (QED) is 0.127. The zero-order chi connectivity index (χ0) is 32.6. The van der Waals surface area contributed by atoms with Gasteiger partial charge in [0.25, 0.3) is 5.91 Å². The SMILES string of the molecule is COc1cc(N)c(Cl)cc1C(=O)N[C@@H]1CCN(CCCCCC(=O)NC2CCN(CCCCCCCC(=O)O)CC2)C[C@@H]1OC. The van der Waals surface area contributed by atoms with Crippen LogP contribution in [-0.2, 0) is 14.3 Å². The molecule has 0 aromatic heterocycles. The first kappa shape index (κ1) is 36.9. The standard InChI is InChI=1S/C33H54ClN5O6/c1-44-29-22-27(35)26(34)21-25(29)33(43)37-28-15-20-39(23-30(28)45-2)17-10-6-7-11-31(40)36-24-13-18-38(19-14-24)16-9-5-3-4-8-12-32(41)42/h21-22,24,28,30H,3-20,23,35H2,1-2H3,(H,36,40)(H,37,43)(H,41,42)/t28-,30+/m1/s1. The highest BCUT2D eigenvalue weighted by atomic mass is 35.5. The van der Waals surface area contributed by atoms with E-state index in [4.69, 9.17) is 31.9 Å². The summed E-state index contributed by atoms with van der Waals surface area (Å²) < 4.78 is 11.1. The fraction of sp³-hybridized carbons (Fsp3) is 0.727. The fourth-order valence-corrected chi connectivity index (χ4v) is 6.45. The van der Waals surface area contributed by atoms with Gasteiger partial charge in [-0.15, -0.1) is 0 Å². The van der Waals surface area contributed by atoms with Crippen molar-refractivity contribution in [1.29, 1.82) is 0 Å². The second-order valence-electron chi connectivity index (χ2n) is 12.4. The normalized spacial score (nSPS) is 19.7. The molecule has 0 bridgehead atoms. The largest absolute Gasteiger partial charge is 0.496 e. The molecule has 1 aromatic rings. The monoisotopic (exact) mass is 651 g/mol. The first-order chi connectivity index (χ1) is 21.7. The van der Waals surface area contributed by atoms with Gasteiger partial charge >= 0.3 is 5.97 Å². The minimum atomic E-state index is -0.704. The van der Waals surface area contributed by atoms with Crippen molar-refractivity contribution in [3.05, 3.63) is 22.7 Å². The molecule has 0 spiro atoms. The van der Waals surface area contributed by atoms with Crippen molar-refractivity contribution in [3.63, 3.8) is 0 Å². The number of unbranched alkanes of at least 4 members (excludes halogenated alkanes) is 6. The molecule has 2 heterocycles. The molecule has 0 unspecified atom stereocenters. The molecular weight excluding hydrogens is 598 g/mol. The first-order valence-corrected chi connectivity index (χ1v) is 17.0. The summed E-state index contributed by atoms with van der Waals surface area (Å²) in [6, 6.07) is 3.24. The van der Waals surface area contributed by atoms with Gasteiger partial charge in [-0.25, -0.2) is 0 Å². The summed E-state index contributed by atoms with van der Waals surface area (Å²) in [7, 11) is 3.17. The summed E-state index contributed by atoms with van der Waals surface area (Å²) in [6.07, 6.45) is 11.5. The highest BCUT2D eigenvalue weighted by Crippen LogP contribution is 2.29. The number of rotatable bonds is 19. The lowest BCUT2D eigenvalue weighted by Crippen LogP contribution is -2.54. The van der Waals surface area contributed by atoms with Crippen LogP contribution in [0.3, 0.4) is 0 Å². The molecule has 12 heteroatoms. The lowest BCUT2D eigenvalue weighted by atomic mass is 10.00. The van der Waals surface area contributed by atoms with Gasteiger partial charge < -0.3 is 40.7 Å². The van der Waals surface area contributed by atoms with E-state index in [1.807, 2.05) is 0 Å². The van der Waals surface area contributed by atoms with Crippen LogP contribution >= 0.6 is 11.6 Å². The van der Waals surface area contributed by atoms with Crippen molar-refractivity contribution >= 4 is 35.1 Å². The number of likely N-dealkylation sites (tertiary alicyclic amines) is 2. The summed E-state index contributed by atoms with van der Waals surface area (Å²) >= 11 is 6.15. The number of amides is 2. The molecule has 2 fully saturated rings. The number of hydrogen-bond donors (Lipinski definition) is 4. The van der Waals surface area contributed by atoms with Crippen molar-refractivity contribution in [2.24, 2.45) is 0 Å². The van der Waals surface area contributed by atoms with E-state index in [1.54, 1.807) is 13.2 Å². The van der Waals surface area contributed by atoms with Crippen LogP contribution in [0.1, 0.15) is 93.8 Å². The molecule has 0 saturated carbocycles. The van der Waals surface area contributed by atoms with Gasteiger partial charge in [-0.2, -0.15) is 0 Å². The Balaban J connectivity index is 1.24. The van der Waals surface area contributed by atoms with Crippen molar-refractivity contribution in [3.8, 4) is 5.75 Å². The van der Waals surface area contributed by atoms with Crippen molar-refractivity contribution in [2.75, 3.05) is 59.2 Å². The smallest absolute Gasteiger partial charge is 0.303 e. The first-order valence-electron chi connectivity index (χ1n) is 16.6. The lowest BCUT2D eigenvalue weighted by Gasteiger charge is -2.38. The van der Waals surface area contributed by atoms with Gasteiger partial charge in [-0.1, -0.05) is 37.3 Å². The number of nitrogens with zero attached hydrogens (tertiary/aromatic N) is 2. The van der Waals surface area contributed by atoms with Crippen LogP contribution in [-0.4, -0.2) is 104 Å². The van der Waals surface area contributed by atoms with Gasteiger partial charge in [0.2, 0.25) is 5.91 Å². The highest BCUT2D eigenvalue weighted by Gasteiger charge is 2.31. The molecule has 2 saturated heterocycles.